The number of carbonyl (C=O) groups excluding carboxylic acids is 2. The van der Waals surface area contributed by atoms with Crippen LogP contribution >= 0.6 is 0 Å². The molecule has 0 aromatic heterocycles. The van der Waals surface area contributed by atoms with E-state index < -0.39 is 0 Å². The molecule has 0 spiro atoms. The quantitative estimate of drug-likeness (QED) is 0.811. The summed E-state index contributed by atoms with van der Waals surface area (Å²) in [7, 11) is 1.74. The minimum Gasteiger partial charge on any atom is -0.342 e. The van der Waals surface area contributed by atoms with Crippen molar-refractivity contribution >= 4 is 17.5 Å². The largest absolute Gasteiger partial charge is 0.342 e. The van der Waals surface area contributed by atoms with Gasteiger partial charge in [-0.15, -0.1) is 0 Å². The van der Waals surface area contributed by atoms with Gasteiger partial charge in [0.15, 0.2) is 0 Å². The van der Waals surface area contributed by atoms with E-state index in [9.17, 15) is 9.59 Å². The minimum atomic E-state index is -0.0835. The predicted octanol–water partition coefficient (Wildman–Crippen LogP) is 1.21. The van der Waals surface area contributed by atoms with Crippen molar-refractivity contribution in [3.8, 4) is 0 Å². The van der Waals surface area contributed by atoms with Crippen LogP contribution in [0.2, 0.25) is 0 Å². The summed E-state index contributed by atoms with van der Waals surface area (Å²) >= 11 is 0. The van der Waals surface area contributed by atoms with E-state index in [1.54, 1.807) is 11.9 Å². The summed E-state index contributed by atoms with van der Waals surface area (Å²) in [6.45, 7) is 4.98. The fraction of sp³-hybridized carbons (Fsp3) is 0.429. The molecule has 0 unspecified atom stereocenters. The molecule has 1 rings (SSSR count). The maximum absolute atomic E-state index is 11.7. The van der Waals surface area contributed by atoms with E-state index in [0.29, 0.717) is 6.54 Å². The molecule has 2 amide bonds. The topological polar surface area (TPSA) is 61.4 Å². The lowest BCUT2D eigenvalue weighted by molar-refractivity contribution is -0.128. The maximum Gasteiger partial charge on any atom is 0.238 e. The van der Waals surface area contributed by atoms with Gasteiger partial charge in [0.05, 0.1) is 6.54 Å². The first-order valence-corrected chi connectivity index (χ1v) is 6.34. The van der Waals surface area contributed by atoms with E-state index in [1.165, 1.54) is 6.92 Å². The zero-order valence-electron chi connectivity index (χ0n) is 11.7. The second-order valence-electron chi connectivity index (χ2n) is 4.36. The Labute approximate surface area is 114 Å². The highest BCUT2D eigenvalue weighted by atomic mass is 16.2. The van der Waals surface area contributed by atoms with Gasteiger partial charge in [0.1, 0.15) is 0 Å². The number of amides is 2. The van der Waals surface area contributed by atoms with Gasteiger partial charge in [-0.3, -0.25) is 9.59 Å². The first-order valence-electron chi connectivity index (χ1n) is 6.34. The third-order valence-corrected chi connectivity index (χ3v) is 2.77. The summed E-state index contributed by atoms with van der Waals surface area (Å²) in [5, 5.41) is 5.82. The Morgan fingerprint density at radius 2 is 1.95 bits per heavy atom. The molecule has 104 valence electrons. The Morgan fingerprint density at radius 3 is 2.58 bits per heavy atom. The summed E-state index contributed by atoms with van der Waals surface area (Å²) < 4.78 is 0. The van der Waals surface area contributed by atoms with Gasteiger partial charge in [-0.1, -0.05) is 25.1 Å². The Balaban J connectivity index is 2.72. The molecule has 1 aromatic carbocycles. The molecule has 5 nitrogen and oxygen atoms in total. The second-order valence-corrected chi connectivity index (χ2v) is 4.36. The monoisotopic (exact) mass is 263 g/mol. The summed E-state index contributed by atoms with van der Waals surface area (Å²) in [5.74, 6) is -0.0893. The molecular formula is C14H21N3O2. The molecule has 0 aliphatic carbocycles. The number of para-hydroxylation sites is 1. The van der Waals surface area contributed by atoms with Crippen LogP contribution in [0.15, 0.2) is 24.3 Å². The molecule has 0 atom stereocenters. The average molecular weight is 263 g/mol. The van der Waals surface area contributed by atoms with Crippen LogP contribution in [-0.2, 0) is 16.1 Å². The minimum absolute atomic E-state index is 0.00576. The van der Waals surface area contributed by atoms with Crippen molar-refractivity contribution < 1.29 is 9.59 Å². The van der Waals surface area contributed by atoms with Crippen molar-refractivity contribution in [2.24, 2.45) is 0 Å². The normalized spacial score (nSPS) is 10.1. The molecule has 19 heavy (non-hydrogen) atoms. The van der Waals surface area contributed by atoms with Gasteiger partial charge >= 0.3 is 0 Å². The van der Waals surface area contributed by atoms with E-state index in [4.69, 9.17) is 0 Å². The summed E-state index contributed by atoms with van der Waals surface area (Å²) in [6.07, 6.45) is 0. The highest BCUT2D eigenvalue weighted by Gasteiger charge is 2.09. The van der Waals surface area contributed by atoms with Crippen LogP contribution in [-0.4, -0.2) is 36.9 Å². The van der Waals surface area contributed by atoms with E-state index in [0.717, 1.165) is 17.8 Å². The fourth-order valence-corrected chi connectivity index (χ4v) is 1.58. The number of nitrogens with zero attached hydrogens (tertiary/aromatic N) is 1. The zero-order valence-corrected chi connectivity index (χ0v) is 11.7. The molecule has 0 saturated carbocycles. The number of benzene rings is 1. The number of hydrogen-bond donors (Lipinski definition) is 2. The number of nitrogens with one attached hydrogen (secondary N) is 2. The molecule has 5 heteroatoms. The van der Waals surface area contributed by atoms with Crippen LogP contribution < -0.4 is 10.6 Å². The number of likely N-dealkylation sites (N-methyl/N-ethyl adjacent to an activating group) is 1. The Morgan fingerprint density at radius 1 is 1.26 bits per heavy atom. The molecule has 0 fully saturated rings. The SMILES string of the molecule is CCNCC(=O)Nc1ccccc1CN(C)C(C)=O. The third kappa shape index (κ3) is 5.09. The Kier molecular flexibility index (Phi) is 6.02. The average Bonchev–Trinajstić information content (AvgIpc) is 2.38. The van der Waals surface area contributed by atoms with Gasteiger partial charge < -0.3 is 15.5 Å². The molecule has 2 N–H and O–H groups in total. The van der Waals surface area contributed by atoms with Crippen LogP contribution in [0.1, 0.15) is 19.4 Å². The van der Waals surface area contributed by atoms with Crippen LogP contribution in [0.5, 0.6) is 0 Å². The molecule has 0 radical (unpaired) electrons. The van der Waals surface area contributed by atoms with Crippen LogP contribution in [0.3, 0.4) is 0 Å². The first-order chi connectivity index (χ1) is 9.04. The van der Waals surface area contributed by atoms with Gasteiger partial charge in [0, 0.05) is 26.2 Å². The van der Waals surface area contributed by atoms with Crippen molar-refractivity contribution in [1.82, 2.24) is 10.2 Å². The molecule has 0 heterocycles. The Bertz CT molecular complexity index is 446. The second kappa shape index (κ2) is 7.53. The summed E-state index contributed by atoms with van der Waals surface area (Å²) in [5.41, 5.74) is 1.67. The van der Waals surface area contributed by atoms with Crippen LogP contribution in [0, 0.1) is 0 Å². The van der Waals surface area contributed by atoms with E-state index in [2.05, 4.69) is 10.6 Å². The smallest absolute Gasteiger partial charge is 0.238 e. The lowest BCUT2D eigenvalue weighted by Gasteiger charge is -2.17. The summed E-state index contributed by atoms with van der Waals surface area (Å²) in [4.78, 5) is 24.5. The van der Waals surface area contributed by atoms with E-state index >= 15 is 0 Å². The van der Waals surface area contributed by atoms with Gasteiger partial charge in [-0.25, -0.2) is 0 Å². The summed E-state index contributed by atoms with van der Waals surface area (Å²) in [6, 6.07) is 7.50. The van der Waals surface area contributed by atoms with Gasteiger partial charge in [-0.2, -0.15) is 0 Å². The van der Waals surface area contributed by atoms with Crippen molar-refractivity contribution in [2.75, 3.05) is 25.5 Å². The molecule has 1 aromatic rings. The zero-order chi connectivity index (χ0) is 14.3. The van der Waals surface area contributed by atoms with Crippen molar-refractivity contribution in [3.63, 3.8) is 0 Å². The lowest BCUT2D eigenvalue weighted by atomic mass is 10.1. The number of hydrogen-bond acceptors (Lipinski definition) is 3. The number of rotatable bonds is 6. The fourth-order valence-electron chi connectivity index (χ4n) is 1.58. The van der Waals surface area contributed by atoms with E-state index in [-0.39, 0.29) is 18.4 Å². The lowest BCUT2D eigenvalue weighted by Crippen LogP contribution is -2.29. The molecular weight excluding hydrogens is 242 g/mol. The van der Waals surface area contributed by atoms with Crippen LogP contribution in [0.25, 0.3) is 0 Å². The van der Waals surface area contributed by atoms with Gasteiger partial charge in [0.2, 0.25) is 11.8 Å². The molecule has 0 bridgehead atoms. The maximum atomic E-state index is 11.7. The van der Waals surface area contributed by atoms with Crippen molar-refractivity contribution in [3.05, 3.63) is 29.8 Å². The number of anilines is 1. The third-order valence-electron chi connectivity index (χ3n) is 2.77. The van der Waals surface area contributed by atoms with Gasteiger partial charge in [0.25, 0.3) is 0 Å². The van der Waals surface area contributed by atoms with Crippen LogP contribution in [0.4, 0.5) is 5.69 Å². The molecule has 0 aliphatic heterocycles. The van der Waals surface area contributed by atoms with Crippen molar-refractivity contribution in [2.45, 2.75) is 20.4 Å². The van der Waals surface area contributed by atoms with Crippen molar-refractivity contribution in [1.29, 1.82) is 0 Å². The van der Waals surface area contributed by atoms with Gasteiger partial charge in [-0.05, 0) is 18.2 Å². The Hall–Kier alpha value is -1.88. The highest BCUT2D eigenvalue weighted by Crippen LogP contribution is 2.16. The molecule has 0 saturated heterocycles. The van der Waals surface area contributed by atoms with E-state index in [1.807, 2.05) is 31.2 Å². The standard InChI is InChI=1S/C14H21N3O2/c1-4-15-9-14(19)16-13-8-6-5-7-12(13)10-17(3)11(2)18/h5-8,15H,4,9-10H2,1-3H3,(H,16,19). The number of carbonyl (C=O) groups is 2. The predicted molar refractivity (Wildman–Crippen MR) is 75.8 cm³/mol. The highest BCUT2D eigenvalue weighted by molar-refractivity contribution is 5.93. The molecule has 0 aliphatic rings. The first kappa shape index (κ1) is 15.2.